The molecule has 1 heterocycles. The average molecular weight is 691 g/mol. The molecule has 207 valence electrons. The monoisotopic (exact) mass is 691 g/mol. The van der Waals surface area contributed by atoms with Crippen LogP contribution in [0.4, 0.5) is 0 Å². The molecule has 2 aliphatic rings. The van der Waals surface area contributed by atoms with E-state index >= 15 is 0 Å². The van der Waals surface area contributed by atoms with E-state index in [1.54, 1.807) is 0 Å². The van der Waals surface area contributed by atoms with Crippen LogP contribution in [0.1, 0.15) is 72.6 Å². The molecule has 4 atom stereocenters. The molecule has 2 saturated carbocycles. The molecule has 4 heteroatoms. The maximum Gasteiger partial charge on any atom is 0.0651 e. The molecule has 3 aromatic rings. The van der Waals surface area contributed by atoms with E-state index in [2.05, 4.69) is 56.9 Å². The van der Waals surface area contributed by atoms with Crippen LogP contribution in [0, 0.1) is 28.7 Å². The largest absolute Gasteiger partial charge is 0.392 e. The fourth-order valence-corrected chi connectivity index (χ4v) is 7.08. The zero-order valence-electron chi connectivity index (χ0n) is 23.4. The minimum absolute atomic E-state index is 0. The summed E-state index contributed by atoms with van der Waals surface area (Å²) in [6, 6.07) is 25.5. The van der Waals surface area contributed by atoms with Gasteiger partial charge in [-0.3, -0.25) is 0 Å². The minimum Gasteiger partial charge on any atom is -0.392 e. The van der Waals surface area contributed by atoms with Crippen molar-refractivity contribution >= 4 is 0 Å². The van der Waals surface area contributed by atoms with Gasteiger partial charge in [-0.15, -0.1) is 35.9 Å². The summed E-state index contributed by atoms with van der Waals surface area (Å²) in [7, 11) is 0. The second-order valence-electron chi connectivity index (χ2n) is 11.2. The van der Waals surface area contributed by atoms with E-state index < -0.39 is 0 Å². The van der Waals surface area contributed by atoms with Crippen molar-refractivity contribution < 1.29 is 30.3 Å². The normalized spacial score (nSPS) is 24.9. The first-order valence-electron chi connectivity index (χ1n) is 14.3. The van der Waals surface area contributed by atoms with E-state index in [1.807, 2.05) is 54.7 Å². The Hall–Kier alpha value is -1.84. The van der Waals surface area contributed by atoms with Gasteiger partial charge < -0.3 is 15.2 Å². The third-order valence-corrected chi connectivity index (χ3v) is 9.88. The minimum atomic E-state index is -0.309. The molecule has 2 aromatic carbocycles. The average Bonchev–Trinajstić information content (AvgIpc) is 3.27. The fraction of sp³-hybridized carbons (Fsp3) is 0.500. The smallest absolute Gasteiger partial charge is 0.0651 e. The molecule has 2 N–H and O–H groups in total. The third kappa shape index (κ3) is 5.99. The summed E-state index contributed by atoms with van der Waals surface area (Å²) in [6.45, 7) is 8.79. The van der Waals surface area contributed by atoms with Gasteiger partial charge in [0.25, 0.3) is 0 Å². The van der Waals surface area contributed by atoms with Gasteiger partial charge in [0.05, 0.1) is 12.2 Å². The molecular formula is C34H44IrNO2-. The summed E-state index contributed by atoms with van der Waals surface area (Å²) in [5.74, 6) is 0.657. The first-order valence-corrected chi connectivity index (χ1v) is 14.3. The first kappa shape index (κ1) is 30.7. The molecule has 3 nitrogen and oxygen atoms in total. The molecule has 2 fully saturated rings. The Bertz CT molecular complexity index is 1030. The molecule has 2 aliphatic carbocycles. The van der Waals surface area contributed by atoms with Gasteiger partial charge in [-0.1, -0.05) is 70.2 Å². The Morgan fingerprint density at radius 1 is 0.789 bits per heavy atom. The maximum atomic E-state index is 10.9. The summed E-state index contributed by atoms with van der Waals surface area (Å²) in [6.07, 6.45) is 8.89. The number of hydrogen-bond donors (Lipinski definition) is 2. The Kier molecular flexibility index (Phi) is 10.9. The van der Waals surface area contributed by atoms with Gasteiger partial charge in [0.2, 0.25) is 0 Å². The number of benzene rings is 2. The van der Waals surface area contributed by atoms with E-state index in [-0.39, 0.29) is 49.1 Å². The van der Waals surface area contributed by atoms with Crippen molar-refractivity contribution in [3.05, 3.63) is 79.0 Å². The van der Waals surface area contributed by atoms with Gasteiger partial charge >= 0.3 is 0 Å². The quantitative estimate of drug-likeness (QED) is 0.258. The van der Waals surface area contributed by atoms with Gasteiger partial charge in [0.1, 0.15) is 0 Å². The van der Waals surface area contributed by atoms with Crippen molar-refractivity contribution in [3.63, 3.8) is 0 Å². The molecule has 0 spiro atoms. The molecule has 38 heavy (non-hydrogen) atoms. The van der Waals surface area contributed by atoms with Crippen LogP contribution < -0.4 is 0 Å². The van der Waals surface area contributed by atoms with E-state index in [1.165, 1.54) is 12.0 Å². The van der Waals surface area contributed by atoms with Gasteiger partial charge in [-0.2, -0.15) is 0 Å². The van der Waals surface area contributed by atoms with Crippen LogP contribution in [0.3, 0.4) is 0 Å². The summed E-state index contributed by atoms with van der Waals surface area (Å²) in [4.78, 5) is 4.49. The third-order valence-electron chi connectivity index (χ3n) is 9.88. The number of hydrogen-bond acceptors (Lipinski definition) is 3. The molecule has 4 unspecified atom stereocenters. The van der Waals surface area contributed by atoms with Gasteiger partial charge in [-0.25, -0.2) is 0 Å². The van der Waals surface area contributed by atoms with Crippen molar-refractivity contribution in [1.29, 1.82) is 0 Å². The van der Waals surface area contributed by atoms with Crippen molar-refractivity contribution in [1.82, 2.24) is 4.98 Å². The second kappa shape index (κ2) is 13.5. The van der Waals surface area contributed by atoms with Gasteiger partial charge in [0, 0.05) is 32.2 Å². The molecule has 0 aliphatic heterocycles. The Morgan fingerprint density at radius 3 is 1.97 bits per heavy atom. The van der Waals surface area contributed by atoms with Crippen LogP contribution in [0.5, 0.6) is 0 Å². The molecule has 0 saturated heterocycles. The number of aromatic nitrogens is 1. The summed E-state index contributed by atoms with van der Waals surface area (Å²) < 4.78 is 0. The Balaban J connectivity index is 0.000000205. The first-order chi connectivity index (χ1) is 17.9. The predicted octanol–water partition coefficient (Wildman–Crippen LogP) is 7.96. The zero-order valence-corrected chi connectivity index (χ0v) is 25.8. The summed E-state index contributed by atoms with van der Waals surface area (Å²) in [5, 5.41) is 21.8. The van der Waals surface area contributed by atoms with Crippen LogP contribution in [0.2, 0.25) is 0 Å². The van der Waals surface area contributed by atoms with Crippen LogP contribution in [-0.4, -0.2) is 27.4 Å². The Labute approximate surface area is 243 Å². The molecule has 0 bridgehead atoms. The zero-order chi connectivity index (χ0) is 26.5. The summed E-state index contributed by atoms with van der Waals surface area (Å²) in [5.41, 5.74) is 4.42. The van der Waals surface area contributed by atoms with E-state index in [0.29, 0.717) is 5.92 Å². The summed E-state index contributed by atoms with van der Waals surface area (Å²) >= 11 is 0. The maximum absolute atomic E-state index is 10.9. The van der Waals surface area contributed by atoms with Crippen molar-refractivity contribution in [2.24, 2.45) is 22.7 Å². The number of fused-ring (bicyclic) bond motifs is 1. The van der Waals surface area contributed by atoms with Gasteiger partial charge in [-0.05, 0) is 78.5 Å². The molecule has 1 aromatic heterocycles. The van der Waals surface area contributed by atoms with Crippen molar-refractivity contribution in [3.8, 4) is 22.4 Å². The number of rotatable bonds is 6. The fourth-order valence-electron chi connectivity index (χ4n) is 7.08. The van der Waals surface area contributed by atoms with E-state index in [0.717, 1.165) is 55.3 Å². The molecule has 0 amide bonds. The number of aliphatic hydroxyl groups excluding tert-OH is 2. The number of pyridine rings is 1. The molecular weight excluding hydrogens is 647 g/mol. The van der Waals surface area contributed by atoms with Gasteiger partial charge in [0.15, 0.2) is 0 Å². The van der Waals surface area contributed by atoms with Crippen molar-refractivity contribution in [2.45, 2.75) is 84.8 Å². The molecule has 1 radical (unpaired) electrons. The van der Waals surface area contributed by atoms with E-state index in [9.17, 15) is 10.2 Å². The SMILES string of the molecule is CCC1(CC)CCC2CC(CC)(CC)C(O)C2C1O.[Ir].[c-]1ccccc1-c1ccc(-c2ccccc2)cn1. The van der Waals surface area contributed by atoms with Crippen LogP contribution in [0.15, 0.2) is 72.9 Å². The van der Waals surface area contributed by atoms with Crippen LogP contribution in [0.25, 0.3) is 22.4 Å². The van der Waals surface area contributed by atoms with Crippen molar-refractivity contribution in [2.75, 3.05) is 0 Å². The predicted molar refractivity (Wildman–Crippen MR) is 153 cm³/mol. The Morgan fingerprint density at radius 2 is 1.42 bits per heavy atom. The topological polar surface area (TPSA) is 53.4 Å². The van der Waals surface area contributed by atoms with E-state index in [4.69, 9.17) is 0 Å². The number of aliphatic hydroxyl groups is 2. The second-order valence-corrected chi connectivity index (χ2v) is 11.2. The molecule has 5 rings (SSSR count). The van der Waals surface area contributed by atoms with Crippen LogP contribution in [-0.2, 0) is 20.1 Å². The van der Waals surface area contributed by atoms with Crippen LogP contribution >= 0.6 is 0 Å². The standard InChI is InChI=1S/C17H12N.C17H32O2.Ir/c1-3-7-14(8-4-1)16-11-12-17(18-13-16)15-9-5-2-6-10-15;1-5-16(6-2)10-9-12-11-17(7-3,8-4)15(19)13(12)14(16)18;/h1-9,11-13H;12-15,18-19H,5-11H2,1-4H3;/q-1;;. The number of nitrogens with zero attached hydrogens (tertiary/aromatic N) is 1.